The van der Waals surface area contributed by atoms with Gasteiger partial charge in [0.25, 0.3) is 0 Å². The summed E-state index contributed by atoms with van der Waals surface area (Å²) in [5, 5.41) is 9.25. The molecule has 1 heterocycles. The number of nitrogen functional groups attached to an aromatic ring is 1. The van der Waals surface area contributed by atoms with Crippen molar-refractivity contribution in [2.45, 2.75) is 25.7 Å². The first-order valence-electron chi connectivity index (χ1n) is 4.11. The van der Waals surface area contributed by atoms with Crippen LogP contribution >= 0.6 is 11.3 Å². The molecule has 0 saturated heterocycles. The Balaban J connectivity index is 2.15. The van der Waals surface area contributed by atoms with Gasteiger partial charge in [-0.05, 0) is 19.4 Å². The number of unbranched alkanes of at least 4 members (excludes halogenated alkanes) is 2. The Bertz CT molecular complexity index is 223. The molecule has 12 heavy (non-hydrogen) atoms. The van der Waals surface area contributed by atoms with Gasteiger partial charge in [0.1, 0.15) is 5.01 Å². The molecule has 0 radical (unpaired) electrons. The van der Waals surface area contributed by atoms with Crippen LogP contribution in [0.4, 0.5) is 5.13 Å². The van der Waals surface area contributed by atoms with Crippen LogP contribution in [0.5, 0.6) is 0 Å². The summed E-state index contributed by atoms with van der Waals surface area (Å²) in [6.45, 7) is 0.776. The van der Waals surface area contributed by atoms with Gasteiger partial charge < -0.3 is 11.5 Å². The maximum absolute atomic E-state index is 5.43. The lowest BCUT2D eigenvalue weighted by atomic mass is 10.2. The zero-order valence-corrected chi connectivity index (χ0v) is 7.81. The van der Waals surface area contributed by atoms with E-state index in [-0.39, 0.29) is 0 Å². The maximum atomic E-state index is 5.43. The van der Waals surface area contributed by atoms with Gasteiger partial charge in [-0.3, -0.25) is 0 Å². The zero-order chi connectivity index (χ0) is 8.81. The number of aromatic nitrogens is 2. The van der Waals surface area contributed by atoms with E-state index in [4.69, 9.17) is 11.5 Å². The first kappa shape index (κ1) is 9.41. The van der Waals surface area contributed by atoms with Gasteiger partial charge in [-0.25, -0.2) is 0 Å². The van der Waals surface area contributed by atoms with E-state index in [1.54, 1.807) is 0 Å². The predicted molar refractivity (Wildman–Crippen MR) is 50.9 cm³/mol. The molecule has 4 nitrogen and oxygen atoms in total. The molecule has 4 N–H and O–H groups in total. The normalized spacial score (nSPS) is 10.4. The molecule has 0 aliphatic heterocycles. The minimum Gasteiger partial charge on any atom is -0.374 e. The average molecular weight is 186 g/mol. The van der Waals surface area contributed by atoms with E-state index in [1.807, 2.05) is 0 Å². The van der Waals surface area contributed by atoms with Crippen molar-refractivity contribution in [3.63, 3.8) is 0 Å². The highest BCUT2D eigenvalue weighted by molar-refractivity contribution is 7.15. The van der Waals surface area contributed by atoms with Gasteiger partial charge in [0.15, 0.2) is 0 Å². The van der Waals surface area contributed by atoms with Gasteiger partial charge in [0.05, 0.1) is 0 Å². The molecule has 0 aliphatic rings. The van der Waals surface area contributed by atoms with Crippen LogP contribution < -0.4 is 11.5 Å². The maximum Gasteiger partial charge on any atom is 0.203 e. The van der Waals surface area contributed by atoms with E-state index in [2.05, 4.69) is 10.2 Å². The van der Waals surface area contributed by atoms with Gasteiger partial charge >= 0.3 is 0 Å². The van der Waals surface area contributed by atoms with Crippen molar-refractivity contribution in [2.75, 3.05) is 12.3 Å². The van der Waals surface area contributed by atoms with Gasteiger partial charge in [0, 0.05) is 6.42 Å². The molecule has 1 aromatic heterocycles. The third kappa shape index (κ3) is 3.15. The van der Waals surface area contributed by atoms with Crippen LogP contribution in [0.15, 0.2) is 0 Å². The lowest BCUT2D eigenvalue weighted by Gasteiger charge is -1.94. The summed E-state index contributed by atoms with van der Waals surface area (Å²) in [6, 6.07) is 0. The summed E-state index contributed by atoms with van der Waals surface area (Å²) in [5.74, 6) is 0. The van der Waals surface area contributed by atoms with Gasteiger partial charge in [-0.1, -0.05) is 17.8 Å². The monoisotopic (exact) mass is 186 g/mol. The van der Waals surface area contributed by atoms with Crippen LogP contribution in [0.3, 0.4) is 0 Å². The summed E-state index contributed by atoms with van der Waals surface area (Å²) in [7, 11) is 0. The number of hydrogen-bond donors (Lipinski definition) is 2. The van der Waals surface area contributed by atoms with Crippen molar-refractivity contribution in [3.05, 3.63) is 5.01 Å². The fourth-order valence-corrected chi connectivity index (χ4v) is 1.62. The molecule has 68 valence electrons. The second kappa shape index (κ2) is 5.05. The number of rotatable bonds is 5. The zero-order valence-electron chi connectivity index (χ0n) is 6.99. The Labute approximate surface area is 76.0 Å². The highest BCUT2D eigenvalue weighted by atomic mass is 32.1. The smallest absolute Gasteiger partial charge is 0.203 e. The van der Waals surface area contributed by atoms with Crippen LogP contribution in [-0.2, 0) is 6.42 Å². The average Bonchev–Trinajstić information content (AvgIpc) is 2.45. The first-order chi connectivity index (χ1) is 5.83. The van der Waals surface area contributed by atoms with E-state index in [9.17, 15) is 0 Å². The largest absolute Gasteiger partial charge is 0.374 e. The van der Waals surface area contributed by atoms with Gasteiger partial charge in [-0.2, -0.15) is 0 Å². The molecule has 0 bridgehead atoms. The number of anilines is 1. The number of aryl methyl sites for hydroxylation is 1. The molecular weight excluding hydrogens is 172 g/mol. The van der Waals surface area contributed by atoms with Crippen LogP contribution in [0.2, 0.25) is 0 Å². The van der Waals surface area contributed by atoms with Crippen molar-refractivity contribution >= 4 is 16.5 Å². The first-order valence-corrected chi connectivity index (χ1v) is 4.92. The topological polar surface area (TPSA) is 77.8 Å². The lowest BCUT2D eigenvalue weighted by molar-refractivity contribution is 0.681. The molecule has 1 rings (SSSR count). The van der Waals surface area contributed by atoms with E-state index >= 15 is 0 Å². The van der Waals surface area contributed by atoms with Crippen molar-refractivity contribution in [1.29, 1.82) is 0 Å². The molecule has 0 aromatic carbocycles. The van der Waals surface area contributed by atoms with E-state index in [0.717, 1.165) is 37.2 Å². The molecule has 0 unspecified atom stereocenters. The van der Waals surface area contributed by atoms with Crippen LogP contribution in [0.25, 0.3) is 0 Å². The molecule has 0 aliphatic carbocycles. The molecule has 1 aromatic rings. The molecule has 0 fully saturated rings. The molecule has 0 spiro atoms. The molecular formula is C7H14N4S. The Morgan fingerprint density at radius 3 is 2.58 bits per heavy atom. The third-order valence-electron chi connectivity index (χ3n) is 1.58. The number of nitrogens with zero attached hydrogens (tertiary/aromatic N) is 2. The van der Waals surface area contributed by atoms with Crippen molar-refractivity contribution in [2.24, 2.45) is 5.73 Å². The van der Waals surface area contributed by atoms with Crippen molar-refractivity contribution in [1.82, 2.24) is 10.2 Å². The lowest BCUT2D eigenvalue weighted by Crippen LogP contribution is -1.98. The number of nitrogens with two attached hydrogens (primary N) is 2. The van der Waals surface area contributed by atoms with Crippen LogP contribution in [0.1, 0.15) is 24.3 Å². The highest BCUT2D eigenvalue weighted by Crippen LogP contribution is 2.13. The fraction of sp³-hybridized carbons (Fsp3) is 0.714. The van der Waals surface area contributed by atoms with Crippen LogP contribution in [0, 0.1) is 0 Å². The second-order valence-electron chi connectivity index (χ2n) is 2.63. The van der Waals surface area contributed by atoms with Gasteiger partial charge in [0.2, 0.25) is 5.13 Å². The summed E-state index contributed by atoms with van der Waals surface area (Å²) in [6.07, 6.45) is 4.37. The van der Waals surface area contributed by atoms with Gasteiger partial charge in [-0.15, -0.1) is 10.2 Å². The van der Waals surface area contributed by atoms with E-state index in [1.165, 1.54) is 11.3 Å². The summed E-state index contributed by atoms with van der Waals surface area (Å²) < 4.78 is 0. The number of hydrogen-bond acceptors (Lipinski definition) is 5. The highest BCUT2D eigenvalue weighted by Gasteiger charge is 1.99. The molecule has 0 amide bonds. The Morgan fingerprint density at radius 1 is 1.17 bits per heavy atom. The quantitative estimate of drug-likeness (QED) is 0.666. The molecule has 0 atom stereocenters. The summed E-state index contributed by atoms with van der Waals surface area (Å²) in [5.41, 5.74) is 10.8. The minimum atomic E-state index is 0.559. The fourth-order valence-electron chi connectivity index (χ4n) is 0.965. The van der Waals surface area contributed by atoms with Crippen molar-refractivity contribution in [3.8, 4) is 0 Å². The van der Waals surface area contributed by atoms with Crippen LogP contribution in [-0.4, -0.2) is 16.7 Å². The third-order valence-corrected chi connectivity index (χ3v) is 2.39. The standard InChI is InChI=1S/C7H14N4S/c8-5-3-1-2-4-6-10-11-7(9)12-6/h1-5,8H2,(H2,9,11). The van der Waals surface area contributed by atoms with E-state index < -0.39 is 0 Å². The SMILES string of the molecule is NCCCCCc1nnc(N)s1. The predicted octanol–water partition coefficient (Wildman–Crippen LogP) is 0.792. The second-order valence-corrected chi connectivity index (χ2v) is 3.73. The Hall–Kier alpha value is -0.680. The molecule has 5 heteroatoms. The molecule has 0 saturated carbocycles. The Kier molecular flexibility index (Phi) is 3.96. The minimum absolute atomic E-state index is 0.559. The Morgan fingerprint density at radius 2 is 2.00 bits per heavy atom. The van der Waals surface area contributed by atoms with Crippen molar-refractivity contribution < 1.29 is 0 Å². The summed E-state index contributed by atoms with van der Waals surface area (Å²) in [4.78, 5) is 0. The van der Waals surface area contributed by atoms with E-state index in [0.29, 0.717) is 5.13 Å². The summed E-state index contributed by atoms with van der Waals surface area (Å²) >= 11 is 1.47.